The second-order valence-corrected chi connectivity index (χ2v) is 5.34. The van der Waals surface area contributed by atoms with E-state index >= 15 is 0 Å². The van der Waals surface area contributed by atoms with Gasteiger partial charge in [0.2, 0.25) is 0 Å². The van der Waals surface area contributed by atoms with Gasteiger partial charge in [-0.2, -0.15) is 0 Å². The summed E-state index contributed by atoms with van der Waals surface area (Å²) >= 11 is 0. The molecule has 0 spiro atoms. The fraction of sp³-hybridized carbons (Fsp3) is 0.375. The maximum Gasteiger partial charge on any atom is 0.0782 e. The Morgan fingerprint density at radius 2 is 1.63 bits per heavy atom. The minimum Gasteiger partial charge on any atom is -0.389 e. The van der Waals surface area contributed by atoms with Crippen molar-refractivity contribution >= 4 is 22.1 Å². The fourth-order valence-corrected chi connectivity index (χ4v) is 2.55. The number of aliphatic hydroxyl groups is 1. The van der Waals surface area contributed by atoms with Crippen LogP contribution in [0.25, 0.3) is 10.8 Å². The van der Waals surface area contributed by atoms with Gasteiger partial charge in [0.15, 0.2) is 0 Å². The van der Waals surface area contributed by atoms with Crippen molar-refractivity contribution in [1.82, 2.24) is 0 Å². The average Bonchev–Trinajstić information content (AvgIpc) is 2.35. The third kappa shape index (κ3) is 2.38. The van der Waals surface area contributed by atoms with E-state index in [0.717, 1.165) is 11.3 Å². The largest absolute Gasteiger partial charge is 0.389 e. The highest BCUT2D eigenvalue weighted by molar-refractivity contribution is 6.04. The summed E-state index contributed by atoms with van der Waals surface area (Å²) in [5.41, 5.74) is 3.23. The molecule has 0 heterocycles. The lowest BCUT2D eigenvalue weighted by Gasteiger charge is -2.25. The van der Waals surface area contributed by atoms with Crippen molar-refractivity contribution in [3.8, 4) is 0 Å². The van der Waals surface area contributed by atoms with Gasteiger partial charge in [-0.15, -0.1) is 0 Å². The molecule has 3 heteroatoms. The van der Waals surface area contributed by atoms with Gasteiger partial charge < -0.3 is 14.9 Å². The van der Waals surface area contributed by atoms with Crippen LogP contribution in [0.1, 0.15) is 18.6 Å². The van der Waals surface area contributed by atoms with E-state index in [4.69, 9.17) is 0 Å². The lowest BCUT2D eigenvalue weighted by Crippen LogP contribution is -2.15. The molecule has 1 unspecified atom stereocenters. The van der Waals surface area contributed by atoms with Crippen molar-refractivity contribution in [2.75, 3.05) is 38.0 Å². The third-order valence-corrected chi connectivity index (χ3v) is 3.41. The zero-order valence-corrected chi connectivity index (χ0v) is 12.3. The predicted molar refractivity (Wildman–Crippen MR) is 83.2 cm³/mol. The van der Waals surface area contributed by atoms with Crippen LogP contribution in [0.3, 0.4) is 0 Å². The number of rotatable bonds is 3. The molecule has 0 aliphatic heterocycles. The van der Waals surface area contributed by atoms with Gasteiger partial charge in [-0.1, -0.05) is 24.3 Å². The average molecular weight is 258 g/mol. The van der Waals surface area contributed by atoms with Gasteiger partial charge in [0.05, 0.1) is 11.8 Å². The molecule has 0 fully saturated rings. The zero-order chi connectivity index (χ0) is 14.2. The Labute approximate surface area is 115 Å². The van der Waals surface area contributed by atoms with Gasteiger partial charge in [-0.3, -0.25) is 0 Å². The molecule has 0 bridgehead atoms. The van der Waals surface area contributed by atoms with Crippen LogP contribution >= 0.6 is 0 Å². The predicted octanol–water partition coefficient (Wildman–Crippen LogP) is 3.03. The zero-order valence-electron chi connectivity index (χ0n) is 12.3. The molecule has 102 valence electrons. The first-order valence-corrected chi connectivity index (χ1v) is 6.51. The van der Waals surface area contributed by atoms with Crippen molar-refractivity contribution in [2.24, 2.45) is 0 Å². The Balaban J connectivity index is 2.90. The monoisotopic (exact) mass is 258 g/mol. The summed E-state index contributed by atoms with van der Waals surface area (Å²) < 4.78 is 0. The van der Waals surface area contributed by atoms with E-state index in [-0.39, 0.29) is 0 Å². The molecule has 0 aromatic heterocycles. The van der Waals surface area contributed by atoms with Crippen LogP contribution in [-0.2, 0) is 0 Å². The van der Waals surface area contributed by atoms with Crippen LogP contribution < -0.4 is 9.80 Å². The van der Waals surface area contributed by atoms with E-state index in [0.29, 0.717) is 0 Å². The molecule has 0 radical (unpaired) electrons. The first-order valence-electron chi connectivity index (χ1n) is 6.51. The van der Waals surface area contributed by atoms with Crippen LogP contribution in [0.5, 0.6) is 0 Å². The van der Waals surface area contributed by atoms with Crippen LogP contribution in [0.15, 0.2) is 30.3 Å². The lowest BCUT2D eigenvalue weighted by molar-refractivity contribution is 0.200. The van der Waals surface area contributed by atoms with Crippen molar-refractivity contribution in [1.29, 1.82) is 0 Å². The first-order chi connectivity index (χ1) is 8.93. The summed E-state index contributed by atoms with van der Waals surface area (Å²) in [5.74, 6) is 0. The summed E-state index contributed by atoms with van der Waals surface area (Å²) in [5, 5.41) is 12.4. The number of fused-ring (bicyclic) bond motifs is 1. The minimum atomic E-state index is -0.475. The fourth-order valence-electron chi connectivity index (χ4n) is 2.55. The standard InChI is InChI=1S/C16H22N2O/c1-11(19)13-10-9-12-7-6-8-14(17(2)3)15(12)16(13)18(4)5/h6-11,19H,1-5H3. The van der Waals surface area contributed by atoms with Gasteiger partial charge in [-0.25, -0.2) is 0 Å². The molecule has 1 atom stereocenters. The summed E-state index contributed by atoms with van der Waals surface area (Å²) in [4.78, 5) is 4.19. The molecule has 19 heavy (non-hydrogen) atoms. The van der Waals surface area contributed by atoms with Gasteiger partial charge in [0.25, 0.3) is 0 Å². The molecule has 2 aromatic carbocycles. The highest BCUT2D eigenvalue weighted by atomic mass is 16.3. The SMILES string of the molecule is CC(O)c1ccc2cccc(N(C)C)c2c1N(C)C. The molecule has 0 aliphatic carbocycles. The molecule has 0 saturated carbocycles. The van der Waals surface area contributed by atoms with E-state index < -0.39 is 6.10 Å². The highest BCUT2D eigenvalue weighted by Gasteiger charge is 2.16. The van der Waals surface area contributed by atoms with E-state index in [1.807, 2.05) is 41.2 Å². The quantitative estimate of drug-likeness (QED) is 0.916. The molecular weight excluding hydrogens is 236 g/mol. The van der Waals surface area contributed by atoms with Crippen LogP contribution in [0, 0.1) is 0 Å². The highest BCUT2D eigenvalue weighted by Crippen LogP contribution is 2.38. The summed E-state index contributed by atoms with van der Waals surface area (Å²) in [6, 6.07) is 10.4. The van der Waals surface area contributed by atoms with E-state index in [9.17, 15) is 5.11 Å². The molecule has 3 nitrogen and oxygen atoms in total. The Kier molecular flexibility index (Phi) is 3.67. The van der Waals surface area contributed by atoms with Gasteiger partial charge >= 0.3 is 0 Å². The van der Waals surface area contributed by atoms with Crippen molar-refractivity contribution in [3.05, 3.63) is 35.9 Å². The Morgan fingerprint density at radius 1 is 0.947 bits per heavy atom. The van der Waals surface area contributed by atoms with Crippen molar-refractivity contribution in [2.45, 2.75) is 13.0 Å². The summed E-state index contributed by atoms with van der Waals surface area (Å²) in [7, 11) is 8.13. The van der Waals surface area contributed by atoms with E-state index in [1.54, 1.807) is 0 Å². The summed E-state index contributed by atoms with van der Waals surface area (Å²) in [6.45, 7) is 1.81. The maximum atomic E-state index is 10.0. The smallest absolute Gasteiger partial charge is 0.0782 e. The first kappa shape index (κ1) is 13.7. The van der Waals surface area contributed by atoms with Crippen molar-refractivity contribution < 1.29 is 5.11 Å². The van der Waals surface area contributed by atoms with Gasteiger partial charge in [-0.05, 0) is 18.4 Å². The number of hydrogen-bond donors (Lipinski definition) is 1. The van der Waals surface area contributed by atoms with Gasteiger partial charge in [0.1, 0.15) is 0 Å². The molecule has 2 rings (SSSR count). The number of nitrogens with zero attached hydrogens (tertiary/aromatic N) is 2. The molecule has 0 amide bonds. The van der Waals surface area contributed by atoms with Crippen molar-refractivity contribution in [3.63, 3.8) is 0 Å². The number of anilines is 2. The second-order valence-electron chi connectivity index (χ2n) is 5.34. The third-order valence-electron chi connectivity index (χ3n) is 3.41. The number of hydrogen-bond acceptors (Lipinski definition) is 3. The molecule has 0 saturated heterocycles. The number of aliphatic hydroxyl groups excluding tert-OH is 1. The molecular formula is C16H22N2O. The van der Waals surface area contributed by atoms with Crippen LogP contribution in [-0.4, -0.2) is 33.3 Å². The van der Waals surface area contributed by atoms with E-state index in [1.165, 1.54) is 16.5 Å². The second kappa shape index (κ2) is 5.10. The maximum absolute atomic E-state index is 10.0. The molecule has 1 N–H and O–H groups in total. The van der Waals surface area contributed by atoms with Crippen LogP contribution in [0.4, 0.5) is 11.4 Å². The topological polar surface area (TPSA) is 26.7 Å². The Bertz CT molecular complexity index is 589. The molecule has 2 aromatic rings. The van der Waals surface area contributed by atoms with Crippen LogP contribution in [0.2, 0.25) is 0 Å². The Hall–Kier alpha value is -1.74. The van der Waals surface area contributed by atoms with E-state index in [2.05, 4.69) is 34.1 Å². The lowest BCUT2D eigenvalue weighted by atomic mass is 9.98. The Morgan fingerprint density at radius 3 is 2.16 bits per heavy atom. The normalized spacial score (nSPS) is 12.5. The number of benzene rings is 2. The minimum absolute atomic E-state index is 0.475. The molecule has 0 aliphatic rings. The summed E-state index contributed by atoms with van der Waals surface area (Å²) in [6.07, 6.45) is -0.475. The van der Waals surface area contributed by atoms with Gasteiger partial charge in [0, 0.05) is 44.8 Å².